The summed E-state index contributed by atoms with van der Waals surface area (Å²) in [6, 6.07) is 4.54. The van der Waals surface area contributed by atoms with Crippen LogP contribution in [0.2, 0.25) is 0 Å². The summed E-state index contributed by atoms with van der Waals surface area (Å²) in [6.07, 6.45) is 0.761. The molecule has 0 aliphatic carbocycles. The summed E-state index contributed by atoms with van der Waals surface area (Å²) >= 11 is 0. The molecule has 1 aromatic carbocycles. The average molecular weight is 222 g/mol. The fourth-order valence-electron chi connectivity index (χ4n) is 1.91. The first-order valence-corrected chi connectivity index (χ1v) is 5.29. The van der Waals surface area contributed by atoms with E-state index in [2.05, 4.69) is 0 Å². The summed E-state index contributed by atoms with van der Waals surface area (Å²) in [5.41, 5.74) is 6.50. The number of nitrogens with two attached hydrogens (primary N) is 1. The van der Waals surface area contributed by atoms with Crippen molar-refractivity contribution in [3.8, 4) is 0 Å². The third kappa shape index (κ3) is 1.80. The fourth-order valence-corrected chi connectivity index (χ4v) is 1.91. The van der Waals surface area contributed by atoms with Gasteiger partial charge < -0.3 is 10.6 Å². The van der Waals surface area contributed by atoms with Gasteiger partial charge in [-0.2, -0.15) is 0 Å². The van der Waals surface area contributed by atoms with Gasteiger partial charge in [0.2, 0.25) is 5.91 Å². The zero-order chi connectivity index (χ0) is 11.9. The lowest BCUT2D eigenvalue weighted by Gasteiger charge is -2.26. The van der Waals surface area contributed by atoms with E-state index in [1.807, 2.05) is 0 Å². The van der Waals surface area contributed by atoms with Crippen molar-refractivity contribution >= 4 is 11.6 Å². The van der Waals surface area contributed by atoms with E-state index in [0.717, 1.165) is 12.0 Å². The first-order chi connectivity index (χ1) is 7.39. The van der Waals surface area contributed by atoms with Crippen molar-refractivity contribution in [3.63, 3.8) is 0 Å². The van der Waals surface area contributed by atoms with E-state index in [4.69, 9.17) is 5.73 Å². The smallest absolute Gasteiger partial charge is 0.246 e. The van der Waals surface area contributed by atoms with Crippen molar-refractivity contribution < 1.29 is 9.18 Å². The maximum atomic E-state index is 13.1. The van der Waals surface area contributed by atoms with Crippen LogP contribution < -0.4 is 10.6 Å². The predicted molar refractivity (Wildman–Crippen MR) is 60.7 cm³/mol. The van der Waals surface area contributed by atoms with Gasteiger partial charge in [-0.1, -0.05) is 6.07 Å². The van der Waals surface area contributed by atoms with Crippen LogP contribution in [0.5, 0.6) is 0 Å². The number of hydrogen-bond acceptors (Lipinski definition) is 2. The minimum Gasteiger partial charge on any atom is -0.318 e. The molecule has 3 nitrogen and oxygen atoms in total. The molecule has 1 heterocycles. The van der Waals surface area contributed by atoms with Gasteiger partial charge >= 0.3 is 0 Å². The number of halogens is 1. The predicted octanol–water partition coefficient (Wildman–Crippen LogP) is 1.45. The molecule has 0 radical (unpaired) electrons. The third-order valence-electron chi connectivity index (χ3n) is 2.74. The molecule has 0 saturated heterocycles. The van der Waals surface area contributed by atoms with E-state index in [1.165, 1.54) is 12.1 Å². The summed E-state index contributed by atoms with van der Waals surface area (Å²) in [7, 11) is 0. The Balaban J connectivity index is 2.37. The molecule has 1 aliphatic heterocycles. The van der Waals surface area contributed by atoms with E-state index >= 15 is 0 Å². The van der Waals surface area contributed by atoms with Gasteiger partial charge in [0.1, 0.15) is 5.82 Å². The Kier molecular flexibility index (Phi) is 2.46. The topological polar surface area (TPSA) is 46.3 Å². The van der Waals surface area contributed by atoms with Crippen LogP contribution in [0.3, 0.4) is 0 Å². The Morgan fingerprint density at radius 3 is 2.81 bits per heavy atom. The Labute approximate surface area is 94.0 Å². The zero-order valence-electron chi connectivity index (χ0n) is 9.46. The molecule has 0 aromatic heterocycles. The number of carbonyl (C=O) groups is 1. The van der Waals surface area contributed by atoms with Crippen LogP contribution in [-0.4, -0.2) is 18.0 Å². The highest BCUT2D eigenvalue weighted by Crippen LogP contribution is 2.30. The molecule has 4 heteroatoms. The number of fused-ring (bicyclic) bond motifs is 1. The molecule has 0 saturated carbocycles. The minimum absolute atomic E-state index is 0.170. The van der Waals surface area contributed by atoms with Gasteiger partial charge in [0.15, 0.2) is 0 Å². The quantitative estimate of drug-likeness (QED) is 0.781. The van der Waals surface area contributed by atoms with Crippen LogP contribution in [0.4, 0.5) is 10.1 Å². The molecule has 2 rings (SSSR count). The Morgan fingerprint density at radius 1 is 1.50 bits per heavy atom. The van der Waals surface area contributed by atoms with E-state index < -0.39 is 5.54 Å². The molecule has 0 unspecified atom stereocenters. The Bertz CT molecular complexity index is 437. The van der Waals surface area contributed by atoms with Crippen molar-refractivity contribution in [2.75, 3.05) is 11.4 Å². The van der Waals surface area contributed by atoms with Crippen LogP contribution in [-0.2, 0) is 11.2 Å². The minimum atomic E-state index is -0.923. The fraction of sp³-hybridized carbons (Fsp3) is 0.417. The molecule has 0 fully saturated rings. The van der Waals surface area contributed by atoms with Crippen LogP contribution in [0.15, 0.2) is 18.2 Å². The van der Waals surface area contributed by atoms with Crippen molar-refractivity contribution in [1.29, 1.82) is 0 Å². The molecule has 2 N–H and O–H groups in total. The summed E-state index contributed by atoms with van der Waals surface area (Å²) in [4.78, 5) is 13.6. The number of rotatable bonds is 1. The molecule has 0 spiro atoms. The first-order valence-electron chi connectivity index (χ1n) is 5.29. The summed E-state index contributed by atoms with van der Waals surface area (Å²) < 4.78 is 13.1. The average Bonchev–Trinajstić information content (AvgIpc) is 2.57. The largest absolute Gasteiger partial charge is 0.318 e. The summed E-state index contributed by atoms with van der Waals surface area (Å²) in [5.74, 6) is -0.495. The van der Waals surface area contributed by atoms with Gasteiger partial charge in [0.25, 0.3) is 0 Å². The molecule has 0 atom stereocenters. The SMILES string of the molecule is CC(C)(N)C(=O)N1CCc2ccc(F)cc21. The van der Waals surface area contributed by atoms with E-state index in [-0.39, 0.29) is 11.7 Å². The number of hydrogen-bond donors (Lipinski definition) is 1. The van der Waals surface area contributed by atoms with Crippen molar-refractivity contribution in [3.05, 3.63) is 29.6 Å². The van der Waals surface area contributed by atoms with Gasteiger partial charge in [0.05, 0.1) is 5.54 Å². The Morgan fingerprint density at radius 2 is 2.19 bits per heavy atom. The van der Waals surface area contributed by atoms with Crippen molar-refractivity contribution in [1.82, 2.24) is 0 Å². The van der Waals surface area contributed by atoms with Crippen LogP contribution >= 0.6 is 0 Å². The standard InChI is InChI=1S/C12H15FN2O/c1-12(2,14)11(16)15-6-5-8-3-4-9(13)7-10(8)15/h3-4,7H,5-6,14H2,1-2H3. The molecule has 1 amide bonds. The molecule has 16 heavy (non-hydrogen) atoms. The molecule has 0 bridgehead atoms. The van der Waals surface area contributed by atoms with Gasteiger partial charge in [-0.15, -0.1) is 0 Å². The first kappa shape index (κ1) is 11.1. The maximum absolute atomic E-state index is 13.1. The molecular formula is C12H15FN2O. The molecular weight excluding hydrogens is 207 g/mol. The van der Waals surface area contributed by atoms with Gasteiger partial charge in [0, 0.05) is 12.2 Å². The van der Waals surface area contributed by atoms with E-state index in [9.17, 15) is 9.18 Å². The summed E-state index contributed by atoms with van der Waals surface area (Å²) in [5, 5.41) is 0. The van der Waals surface area contributed by atoms with Gasteiger partial charge in [-0.05, 0) is 38.0 Å². The van der Waals surface area contributed by atoms with Crippen LogP contribution in [0, 0.1) is 5.82 Å². The number of nitrogens with zero attached hydrogens (tertiary/aromatic N) is 1. The van der Waals surface area contributed by atoms with Crippen molar-refractivity contribution in [2.24, 2.45) is 5.73 Å². The highest BCUT2D eigenvalue weighted by atomic mass is 19.1. The zero-order valence-corrected chi connectivity index (χ0v) is 9.46. The van der Waals surface area contributed by atoms with Crippen LogP contribution in [0.25, 0.3) is 0 Å². The number of carbonyl (C=O) groups excluding carboxylic acids is 1. The highest BCUT2D eigenvalue weighted by molar-refractivity contribution is 6.01. The highest BCUT2D eigenvalue weighted by Gasteiger charge is 2.32. The second-order valence-electron chi connectivity index (χ2n) is 4.70. The molecule has 1 aliphatic rings. The van der Waals surface area contributed by atoms with Gasteiger partial charge in [-0.25, -0.2) is 4.39 Å². The molecule has 86 valence electrons. The monoisotopic (exact) mass is 222 g/mol. The number of anilines is 1. The molecule has 1 aromatic rings. The normalized spacial score (nSPS) is 15.1. The number of benzene rings is 1. The van der Waals surface area contributed by atoms with Crippen molar-refractivity contribution in [2.45, 2.75) is 25.8 Å². The lowest BCUT2D eigenvalue weighted by atomic mass is 10.1. The lowest BCUT2D eigenvalue weighted by Crippen LogP contribution is -2.50. The second-order valence-corrected chi connectivity index (χ2v) is 4.70. The Hall–Kier alpha value is -1.42. The summed E-state index contributed by atoms with van der Waals surface area (Å²) in [6.45, 7) is 3.90. The van der Waals surface area contributed by atoms with Crippen LogP contribution in [0.1, 0.15) is 19.4 Å². The van der Waals surface area contributed by atoms with E-state index in [0.29, 0.717) is 12.2 Å². The maximum Gasteiger partial charge on any atom is 0.246 e. The third-order valence-corrected chi connectivity index (χ3v) is 2.74. The lowest BCUT2D eigenvalue weighted by molar-refractivity contribution is -0.122. The number of amides is 1. The van der Waals surface area contributed by atoms with E-state index in [1.54, 1.807) is 24.8 Å². The van der Waals surface area contributed by atoms with Gasteiger partial charge in [-0.3, -0.25) is 4.79 Å². The second kappa shape index (κ2) is 3.56.